The van der Waals surface area contributed by atoms with Gasteiger partial charge in [-0.15, -0.1) is 0 Å². The highest BCUT2D eigenvalue weighted by atomic mass is 35.5. The van der Waals surface area contributed by atoms with Gasteiger partial charge >= 0.3 is 0 Å². The summed E-state index contributed by atoms with van der Waals surface area (Å²) < 4.78 is 0. The fourth-order valence-electron chi connectivity index (χ4n) is 2.52. The van der Waals surface area contributed by atoms with E-state index in [0.29, 0.717) is 36.2 Å². The van der Waals surface area contributed by atoms with Gasteiger partial charge in [-0.1, -0.05) is 41.4 Å². The van der Waals surface area contributed by atoms with Crippen LogP contribution in [0.1, 0.15) is 10.4 Å². The number of pyridine rings is 1. The molecule has 0 aliphatic carbocycles. The topological polar surface area (TPSA) is 36.4 Å². The maximum atomic E-state index is 12.4. The molecule has 6 heteroatoms. The maximum Gasteiger partial charge on any atom is 0.253 e. The highest BCUT2D eigenvalue weighted by molar-refractivity contribution is 6.36. The molecule has 2 heterocycles. The first-order valence-corrected chi connectivity index (χ1v) is 7.81. The van der Waals surface area contributed by atoms with Gasteiger partial charge in [0.2, 0.25) is 0 Å². The normalized spacial score (nSPS) is 15.0. The minimum Gasteiger partial charge on any atom is -0.352 e. The lowest BCUT2D eigenvalue weighted by atomic mass is 10.2. The maximum absolute atomic E-state index is 12.4. The Morgan fingerprint density at radius 2 is 1.73 bits per heavy atom. The van der Waals surface area contributed by atoms with Gasteiger partial charge < -0.3 is 9.80 Å². The van der Waals surface area contributed by atoms with Crippen molar-refractivity contribution in [2.75, 3.05) is 31.1 Å². The second-order valence-corrected chi connectivity index (χ2v) is 5.95. The largest absolute Gasteiger partial charge is 0.352 e. The molecular formula is C16H15Cl2N3O. The van der Waals surface area contributed by atoms with Gasteiger partial charge in [0.15, 0.2) is 0 Å². The quantitative estimate of drug-likeness (QED) is 0.844. The standard InChI is InChI=1S/C16H15Cl2N3O/c17-13-10-14(18)15(19-11-13)20-6-8-21(9-7-20)16(22)12-4-2-1-3-5-12/h1-5,10-11H,6-9H2. The predicted molar refractivity (Wildman–Crippen MR) is 88.8 cm³/mol. The minimum absolute atomic E-state index is 0.0652. The van der Waals surface area contributed by atoms with Crippen LogP contribution < -0.4 is 4.90 Å². The van der Waals surface area contributed by atoms with E-state index in [4.69, 9.17) is 23.2 Å². The summed E-state index contributed by atoms with van der Waals surface area (Å²) in [5.41, 5.74) is 0.721. The van der Waals surface area contributed by atoms with Crippen LogP contribution in [0.5, 0.6) is 0 Å². The van der Waals surface area contributed by atoms with Crippen LogP contribution in [-0.2, 0) is 0 Å². The first-order chi connectivity index (χ1) is 10.6. The van der Waals surface area contributed by atoms with Crippen LogP contribution in [0.2, 0.25) is 10.0 Å². The minimum atomic E-state index is 0.0652. The van der Waals surface area contributed by atoms with Gasteiger partial charge in [0.05, 0.1) is 10.0 Å². The van der Waals surface area contributed by atoms with Crippen molar-refractivity contribution in [3.63, 3.8) is 0 Å². The summed E-state index contributed by atoms with van der Waals surface area (Å²) in [5.74, 6) is 0.785. The molecule has 0 N–H and O–H groups in total. The number of piperazine rings is 1. The average Bonchev–Trinajstić information content (AvgIpc) is 2.55. The zero-order valence-electron chi connectivity index (χ0n) is 11.9. The molecule has 0 radical (unpaired) electrons. The summed E-state index contributed by atoms with van der Waals surface area (Å²) in [4.78, 5) is 20.6. The molecular weight excluding hydrogens is 321 g/mol. The third-order valence-corrected chi connectivity index (χ3v) is 4.16. The van der Waals surface area contributed by atoms with Gasteiger partial charge in [0.1, 0.15) is 5.82 Å². The first kappa shape index (κ1) is 15.1. The summed E-state index contributed by atoms with van der Waals surface area (Å²) in [6.07, 6.45) is 1.59. The van der Waals surface area contributed by atoms with Crippen LogP contribution in [0.25, 0.3) is 0 Å². The van der Waals surface area contributed by atoms with Gasteiger partial charge in [-0.05, 0) is 18.2 Å². The van der Waals surface area contributed by atoms with E-state index in [9.17, 15) is 4.79 Å². The van der Waals surface area contributed by atoms with Crippen molar-refractivity contribution in [3.8, 4) is 0 Å². The molecule has 1 aliphatic rings. The number of amides is 1. The Balaban J connectivity index is 1.66. The molecule has 0 atom stereocenters. The van der Waals surface area contributed by atoms with Crippen molar-refractivity contribution in [3.05, 3.63) is 58.2 Å². The fraction of sp³-hybridized carbons (Fsp3) is 0.250. The van der Waals surface area contributed by atoms with Crippen LogP contribution >= 0.6 is 23.2 Å². The number of nitrogens with zero attached hydrogens (tertiary/aromatic N) is 3. The molecule has 0 spiro atoms. The molecule has 0 bridgehead atoms. The predicted octanol–water partition coefficient (Wildman–Crippen LogP) is 3.35. The molecule has 1 aromatic heterocycles. The van der Waals surface area contributed by atoms with Gasteiger partial charge in [0.25, 0.3) is 5.91 Å². The van der Waals surface area contributed by atoms with Crippen molar-refractivity contribution >= 4 is 34.9 Å². The van der Waals surface area contributed by atoms with E-state index in [1.165, 1.54) is 0 Å². The summed E-state index contributed by atoms with van der Waals surface area (Å²) in [6, 6.07) is 11.0. The van der Waals surface area contributed by atoms with Crippen LogP contribution in [0.4, 0.5) is 5.82 Å². The molecule has 114 valence electrons. The molecule has 0 unspecified atom stereocenters. The molecule has 1 amide bonds. The molecule has 0 saturated carbocycles. The van der Waals surface area contributed by atoms with Crippen LogP contribution in [0, 0.1) is 0 Å². The third-order valence-electron chi connectivity index (χ3n) is 3.68. The zero-order chi connectivity index (χ0) is 15.5. The molecule has 22 heavy (non-hydrogen) atoms. The SMILES string of the molecule is O=C(c1ccccc1)N1CCN(c2ncc(Cl)cc2Cl)CC1. The number of hydrogen-bond donors (Lipinski definition) is 0. The second kappa shape index (κ2) is 6.55. The third kappa shape index (κ3) is 3.18. The second-order valence-electron chi connectivity index (χ2n) is 5.10. The Kier molecular flexibility index (Phi) is 4.50. The van der Waals surface area contributed by atoms with Crippen LogP contribution in [0.15, 0.2) is 42.6 Å². The number of anilines is 1. The zero-order valence-corrected chi connectivity index (χ0v) is 13.4. The monoisotopic (exact) mass is 335 g/mol. The molecule has 3 rings (SSSR count). The van der Waals surface area contributed by atoms with Gasteiger partial charge in [-0.2, -0.15) is 0 Å². The van der Waals surface area contributed by atoms with Gasteiger partial charge in [-0.3, -0.25) is 4.79 Å². The molecule has 1 aliphatic heterocycles. The summed E-state index contributed by atoms with van der Waals surface area (Å²) in [5, 5.41) is 1.06. The van der Waals surface area contributed by atoms with E-state index in [1.54, 1.807) is 12.3 Å². The molecule has 1 aromatic carbocycles. The Bertz CT molecular complexity index is 670. The first-order valence-electron chi connectivity index (χ1n) is 7.05. The highest BCUT2D eigenvalue weighted by Gasteiger charge is 2.23. The Hall–Kier alpha value is -1.78. The lowest BCUT2D eigenvalue weighted by Crippen LogP contribution is -2.49. The van der Waals surface area contributed by atoms with E-state index in [-0.39, 0.29) is 5.91 Å². The van der Waals surface area contributed by atoms with Crippen molar-refractivity contribution in [2.45, 2.75) is 0 Å². The summed E-state index contributed by atoms with van der Waals surface area (Å²) in [6.45, 7) is 2.70. The van der Waals surface area contributed by atoms with E-state index in [1.807, 2.05) is 35.2 Å². The van der Waals surface area contributed by atoms with Crippen molar-refractivity contribution < 1.29 is 4.79 Å². The van der Waals surface area contributed by atoms with Crippen LogP contribution in [-0.4, -0.2) is 42.0 Å². The number of hydrogen-bond acceptors (Lipinski definition) is 3. The van der Waals surface area contributed by atoms with E-state index >= 15 is 0 Å². The number of rotatable bonds is 2. The van der Waals surface area contributed by atoms with E-state index in [2.05, 4.69) is 9.88 Å². The number of aromatic nitrogens is 1. The Morgan fingerprint density at radius 1 is 1.05 bits per heavy atom. The molecule has 1 fully saturated rings. The number of halogens is 2. The van der Waals surface area contributed by atoms with Crippen LogP contribution in [0.3, 0.4) is 0 Å². The smallest absolute Gasteiger partial charge is 0.253 e. The van der Waals surface area contributed by atoms with Gasteiger partial charge in [0, 0.05) is 37.9 Å². The summed E-state index contributed by atoms with van der Waals surface area (Å²) in [7, 11) is 0. The van der Waals surface area contributed by atoms with Crippen molar-refractivity contribution in [1.29, 1.82) is 0 Å². The average molecular weight is 336 g/mol. The summed E-state index contributed by atoms with van der Waals surface area (Å²) >= 11 is 12.1. The Morgan fingerprint density at radius 3 is 2.36 bits per heavy atom. The van der Waals surface area contributed by atoms with E-state index < -0.39 is 0 Å². The van der Waals surface area contributed by atoms with Crippen molar-refractivity contribution in [2.24, 2.45) is 0 Å². The number of carbonyl (C=O) groups excluding carboxylic acids is 1. The lowest BCUT2D eigenvalue weighted by Gasteiger charge is -2.35. The fourth-order valence-corrected chi connectivity index (χ4v) is 3.02. The van der Waals surface area contributed by atoms with Gasteiger partial charge in [-0.25, -0.2) is 4.98 Å². The van der Waals surface area contributed by atoms with Crippen molar-refractivity contribution in [1.82, 2.24) is 9.88 Å². The number of benzene rings is 1. The molecule has 1 saturated heterocycles. The highest BCUT2D eigenvalue weighted by Crippen LogP contribution is 2.26. The molecule has 2 aromatic rings. The Labute approximate surface area is 139 Å². The van der Waals surface area contributed by atoms with E-state index in [0.717, 1.165) is 11.4 Å². The molecule has 4 nitrogen and oxygen atoms in total. The lowest BCUT2D eigenvalue weighted by molar-refractivity contribution is 0.0746. The number of carbonyl (C=O) groups is 1.